The summed E-state index contributed by atoms with van der Waals surface area (Å²) in [6.07, 6.45) is 0. The number of carbonyl (C=O) groups excluding carboxylic acids is 1. The quantitative estimate of drug-likeness (QED) is 0.806. The van der Waals surface area contributed by atoms with Gasteiger partial charge in [-0.05, 0) is 18.2 Å². The van der Waals surface area contributed by atoms with E-state index in [2.05, 4.69) is 10.6 Å². The fraction of sp³-hybridized carbons (Fsp3) is 0.0769. The largest absolute Gasteiger partial charge is 0.355 e. The average Bonchev–Trinajstić information content (AvgIpc) is 2.47. The summed E-state index contributed by atoms with van der Waals surface area (Å²) < 4.78 is 13.2. The monoisotopic (exact) mass is 269 g/mol. The number of hydrogen-bond acceptors (Lipinski definition) is 5. The van der Waals surface area contributed by atoms with E-state index in [1.54, 1.807) is 18.2 Å². The first-order chi connectivity index (χ1) is 9.57. The molecule has 0 heterocycles. The van der Waals surface area contributed by atoms with E-state index in [9.17, 15) is 9.18 Å². The molecule has 0 aliphatic carbocycles. The lowest BCUT2D eigenvalue weighted by molar-refractivity contribution is 0.0963. The number of carbonyl (C=O) groups is 1. The fourth-order valence-corrected chi connectivity index (χ4v) is 1.37. The van der Waals surface area contributed by atoms with Crippen molar-refractivity contribution in [1.29, 1.82) is 15.8 Å². The van der Waals surface area contributed by atoms with Gasteiger partial charge in [0, 0.05) is 7.05 Å². The Labute approximate surface area is 114 Å². The molecular weight excluding hydrogens is 261 g/mol. The Morgan fingerprint density at radius 2 is 1.85 bits per heavy atom. The van der Waals surface area contributed by atoms with Gasteiger partial charge in [0.15, 0.2) is 5.57 Å². The molecule has 1 aromatic carbocycles. The van der Waals surface area contributed by atoms with Gasteiger partial charge >= 0.3 is 0 Å². The molecule has 0 saturated carbocycles. The second-order valence-corrected chi connectivity index (χ2v) is 3.48. The van der Waals surface area contributed by atoms with Crippen LogP contribution in [-0.2, 0) is 0 Å². The van der Waals surface area contributed by atoms with Crippen LogP contribution >= 0.6 is 0 Å². The van der Waals surface area contributed by atoms with Crippen LogP contribution in [0.15, 0.2) is 29.5 Å². The molecule has 6 nitrogen and oxygen atoms in total. The van der Waals surface area contributed by atoms with Crippen LogP contribution in [0.3, 0.4) is 0 Å². The molecule has 1 aromatic rings. The first-order valence-electron chi connectivity index (χ1n) is 5.30. The van der Waals surface area contributed by atoms with Crippen LogP contribution < -0.4 is 10.6 Å². The van der Waals surface area contributed by atoms with Crippen LogP contribution in [0.25, 0.3) is 0 Å². The second-order valence-electron chi connectivity index (χ2n) is 3.48. The highest BCUT2D eigenvalue weighted by molar-refractivity contribution is 5.99. The molecule has 1 rings (SSSR count). The molecule has 0 atom stereocenters. The molecule has 2 N–H and O–H groups in total. The van der Waals surface area contributed by atoms with Crippen LogP contribution in [0.5, 0.6) is 0 Å². The molecule has 98 valence electrons. The summed E-state index contributed by atoms with van der Waals surface area (Å²) >= 11 is 0. The topological polar surface area (TPSA) is 112 Å². The number of halogens is 1. The first kappa shape index (κ1) is 14.7. The van der Waals surface area contributed by atoms with Gasteiger partial charge in [0.2, 0.25) is 0 Å². The number of nitrogens with zero attached hydrogens (tertiary/aromatic N) is 3. The maximum atomic E-state index is 13.2. The molecule has 0 radical (unpaired) electrons. The molecular formula is C13H8FN5O. The lowest BCUT2D eigenvalue weighted by Crippen LogP contribution is -2.20. The van der Waals surface area contributed by atoms with Gasteiger partial charge in [-0.15, -0.1) is 0 Å². The smallest absolute Gasteiger partial charge is 0.253 e. The molecule has 0 aromatic heterocycles. The predicted molar refractivity (Wildman–Crippen MR) is 67.3 cm³/mol. The highest BCUT2D eigenvalue weighted by atomic mass is 19.1. The normalized spacial score (nSPS) is 8.55. The van der Waals surface area contributed by atoms with Crippen molar-refractivity contribution in [3.8, 4) is 18.2 Å². The minimum Gasteiger partial charge on any atom is -0.355 e. The number of nitriles is 3. The van der Waals surface area contributed by atoms with Crippen LogP contribution in [0, 0.1) is 39.8 Å². The van der Waals surface area contributed by atoms with Gasteiger partial charge in [-0.3, -0.25) is 4.79 Å². The molecule has 0 bridgehead atoms. The lowest BCUT2D eigenvalue weighted by atomic mass is 10.1. The van der Waals surface area contributed by atoms with Crippen molar-refractivity contribution in [3.63, 3.8) is 0 Å². The molecule has 1 amide bonds. The molecule has 20 heavy (non-hydrogen) atoms. The van der Waals surface area contributed by atoms with Crippen molar-refractivity contribution >= 4 is 11.6 Å². The van der Waals surface area contributed by atoms with Crippen LogP contribution in [0.4, 0.5) is 10.1 Å². The highest BCUT2D eigenvalue weighted by Crippen LogP contribution is 2.19. The number of benzene rings is 1. The van der Waals surface area contributed by atoms with Gasteiger partial charge in [0.25, 0.3) is 5.91 Å². The van der Waals surface area contributed by atoms with E-state index < -0.39 is 17.3 Å². The summed E-state index contributed by atoms with van der Waals surface area (Å²) in [5.41, 5.74) is -0.674. The summed E-state index contributed by atoms with van der Waals surface area (Å²) in [5.74, 6) is -1.20. The Morgan fingerprint density at radius 3 is 2.35 bits per heavy atom. The Morgan fingerprint density at radius 1 is 1.20 bits per heavy atom. The van der Waals surface area contributed by atoms with E-state index in [0.29, 0.717) is 0 Å². The maximum Gasteiger partial charge on any atom is 0.253 e. The number of hydrogen-bond donors (Lipinski definition) is 2. The number of allylic oxidation sites excluding steroid dienone is 2. The van der Waals surface area contributed by atoms with E-state index in [-0.39, 0.29) is 16.9 Å². The van der Waals surface area contributed by atoms with Gasteiger partial charge in [0.1, 0.15) is 29.7 Å². The van der Waals surface area contributed by atoms with Crippen molar-refractivity contribution < 1.29 is 9.18 Å². The molecule has 0 spiro atoms. The molecule has 0 saturated heterocycles. The SMILES string of the molecule is CNC(=O)c1cc(F)ccc1NC(C#N)=C(C#N)C#N. The van der Waals surface area contributed by atoms with Crippen molar-refractivity contribution in [3.05, 3.63) is 40.8 Å². The first-order valence-corrected chi connectivity index (χ1v) is 5.30. The van der Waals surface area contributed by atoms with E-state index in [1.165, 1.54) is 13.1 Å². The van der Waals surface area contributed by atoms with Gasteiger partial charge in [-0.1, -0.05) is 0 Å². The van der Waals surface area contributed by atoms with Crippen LogP contribution in [0.2, 0.25) is 0 Å². The maximum absolute atomic E-state index is 13.2. The third-order valence-corrected chi connectivity index (χ3v) is 2.30. The number of anilines is 1. The molecule has 0 aliphatic heterocycles. The third-order valence-electron chi connectivity index (χ3n) is 2.30. The Balaban J connectivity index is 3.34. The average molecular weight is 269 g/mol. The summed E-state index contributed by atoms with van der Waals surface area (Å²) in [4.78, 5) is 11.6. The molecule has 0 fully saturated rings. The number of amides is 1. The summed E-state index contributed by atoms with van der Waals surface area (Å²) in [7, 11) is 1.37. The van der Waals surface area contributed by atoms with Crippen molar-refractivity contribution in [2.24, 2.45) is 0 Å². The number of rotatable bonds is 3. The van der Waals surface area contributed by atoms with E-state index in [1.807, 2.05) is 0 Å². The predicted octanol–water partition coefficient (Wildman–Crippen LogP) is 1.42. The molecule has 0 aliphatic rings. The number of nitrogens with one attached hydrogen (secondary N) is 2. The zero-order chi connectivity index (χ0) is 15.1. The Bertz CT molecular complexity index is 687. The van der Waals surface area contributed by atoms with Gasteiger partial charge < -0.3 is 10.6 Å². The van der Waals surface area contributed by atoms with Gasteiger partial charge in [-0.25, -0.2) is 4.39 Å². The fourth-order valence-electron chi connectivity index (χ4n) is 1.37. The summed E-state index contributed by atoms with van der Waals surface area (Å²) in [6.45, 7) is 0. The van der Waals surface area contributed by atoms with Gasteiger partial charge in [-0.2, -0.15) is 15.8 Å². The Hall–Kier alpha value is -3.37. The summed E-state index contributed by atoms with van der Waals surface area (Å²) in [5, 5.41) is 31.2. The minimum absolute atomic E-state index is 0.0459. The molecule has 7 heteroatoms. The van der Waals surface area contributed by atoms with Gasteiger partial charge in [0.05, 0.1) is 11.3 Å². The van der Waals surface area contributed by atoms with E-state index >= 15 is 0 Å². The van der Waals surface area contributed by atoms with Crippen LogP contribution in [0.1, 0.15) is 10.4 Å². The standard InChI is InChI=1S/C13H8FN5O/c1-18-13(20)10-4-9(14)2-3-11(10)19-12(7-17)8(5-15)6-16/h2-4,19H,1H3,(H,18,20). The zero-order valence-electron chi connectivity index (χ0n) is 10.4. The third kappa shape index (κ3) is 3.10. The van der Waals surface area contributed by atoms with Crippen molar-refractivity contribution in [2.45, 2.75) is 0 Å². The van der Waals surface area contributed by atoms with Crippen LogP contribution in [-0.4, -0.2) is 13.0 Å². The summed E-state index contributed by atoms with van der Waals surface area (Å²) in [6, 6.07) is 8.07. The minimum atomic E-state index is -0.627. The van der Waals surface area contributed by atoms with E-state index in [0.717, 1.165) is 12.1 Å². The van der Waals surface area contributed by atoms with Crippen molar-refractivity contribution in [1.82, 2.24) is 5.32 Å². The highest BCUT2D eigenvalue weighted by Gasteiger charge is 2.14. The second kappa shape index (κ2) is 6.53. The zero-order valence-corrected chi connectivity index (χ0v) is 10.4. The Kier molecular flexibility index (Phi) is 4.80. The molecule has 0 unspecified atom stereocenters. The van der Waals surface area contributed by atoms with Crippen molar-refractivity contribution in [2.75, 3.05) is 12.4 Å². The van der Waals surface area contributed by atoms with E-state index in [4.69, 9.17) is 15.8 Å². The lowest BCUT2D eigenvalue weighted by Gasteiger charge is -2.10.